The SMILES string of the molecule is CN(C)CCNC(=O)Nc1ccc(F)c(C(=O)O)c1. The van der Waals surface area contributed by atoms with E-state index < -0.39 is 23.4 Å². The minimum atomic E-state index is -1.38. The van der Waals surface area contributed by atoms with E-state index in [0.717, 1.165) is 12.1 Å². The molecule has 0 saturated heterocycles. The number of carbonyl (C=O) groups excluding carboxylic acids is 1. The van der Waals surface area contributed by atoms with Gasteiger partial charge in [-0.05, 0) is 32.3 Å². The van der Waals surface area contributed by atoms with Gasteiger partial charge in [-0.15, -0.1) is 0 Å². The Hall–Kier alpha value is -2.15. The quantitative estimate of drug-likeness (QED) is 0.750. The number of nitrogens with zero attached hydrogens (tertiary/aromatic N) is 1. The number of amides is 2. The van der Waals surface area contributed by atoms with Crippen LogP contribution in [-0.4, -0.2) is 49.2 Å². The lowest BCUT2D eigenvalue weighted by atomic mass is 10.2. The van der Waals surface area contributed by atoms with Crippen LogP contribution in [0.3, 0.4) is 0 Å². The lowest BCUT2D eigenvalue weighted by molar-refractivity contribution is 0.0692. The van der Waals surface area contributed by atoms with Gasteiger partial charge < -0.3 is 20.6 Å². The molecule has 104 valence electrons. The summed E-state index contributed by atoms with van der Waals surface area (Å²) in [5.74, 6) is -2.22. The summed E-state index contributed by atoms with van der Waals surface area (Å²) in [5.41, 5.74) is -0.257. The van der Waals surface area contributed by atoms with Crippen molar-refractivity contribution in [3.8, 4) is 0 Å². The highest BCUT2D eigenvalue weighted by atomic mass is 19.1. The number of benzene rings is 1. The molecule has 0 aliphatic rings. The van der Waals surface area contributed by atoms with Crippen molar-refractivity contribution >= 4 is 17.7 Å². The highest BCUT2D eigenvalue weighted by Gasteiger charge is 2.11. The standard InChI is InChI=1S/C12H16FN3O3/c1-16(2)6-5-14-12(19)15-8-3-4-10(13)9(7-8)11(17)18/h3-4,7H,5-6H2,1-2H3,(H,17,18)(H2,14,15,19). The van der Waals surface area contributed by atoms with Crippen LogP contribution in [0.5, 0.6) is 0 Å². The number of likely N-dealkylation sites (N-methyl/N-ethyl adjacent to an activating group) is 1. The largest absolute Gasteiger partial charge is 0.478 e. The van der Waals surface area contributed by atoms with E-state index >= 15 is 0 Å². The van der Waals surface area contributed by atoms with E-state index in [1.165, 1.54) is 6.07 Å². The number of halogens is 1. The van der Waals surface area contributed by atoms with Crippen molar-refractivity contribution in [3.05, 3.63) is 29.6 Å². The van der Waals surface area contributed by atoms with E-state index in [9.17, 15) is 14.0 Å². The molecule has 0 fully saturated rings. The van der Waals surface area contributed by atoms with Gasteiger partial charge in [0.25, 0.3) is 0 Å². The molecule has 2 amide bonds. The van der Waals surface area contributed by atoms with E-state index in [1.54, 1.807) is 0 Å². The van der Waals surface area contributed by atoms with Gasteiger partial charge in [-0.1, -0.05) is 0 Å². The summed E-state index contributed by atoms with van der Waals surface area (Å²) in [4.78, 5) is 24.1. The first-order chi connectivity index (χ1) is 8.90. The van der Waals surface area contributed by atoms with Crippen LogP contribution in [0, 0.1) is 5.82 Å². The Balaban J connectivity index is 2.60. The minimum Gasteiger partial charge on any atom is -0.478 e. The van der Waals surface area contributed by atoms with Crippen LogP contribution in [0.15, 0.2) is 18.2 Å². The van der Waals surface area contributed by atoms with E-state index in [0.29, 0.717) is 13.1 Å². The second kappa shape index (κ2) is 6.69. The molecule has 0 atom stereocenters. The van der Waals surface area contributed by atoms with Gasteiger partial charge in [-0.3, -0.25) is 0 Å². The molecule has 0 radical (unpaired) electrons. The van der Waals surface area contributed by atoms with Crippen molar-refractivity contribution in [3.63, 3.8) is 0 Å². The summed E-state index contributed by atoms with van der Waals surface area (Å²) in [6.07, 6.45) is 0. The van der Waals surface area contributed by atoms with Gasteiger partial charge >= 0.3 is 12.0 Å². The van der Waals surface area contributed by atoms with Gasteiger partial charge in [-0.25, -0.2) is 14.0 Å². The summed E-state index contributed by atoms with van der Waals surface area (Å²) < 4.78 is 13.1. The molecule has 0 unspecified atom stereocenters. The highest BCUT2D eigenvalue weighted by Crippen LogP contribution is 2.14. The number of nitrogens with one attached hydrogen (secondary N) is 2. The fraction of sp³-hybridized carbons (Fsp3) is 0.333. The van der Waals surface area contributed by atoms with Gasteiger partial charge in [0, 0.05) is 18.8 Å². The Bertz CT molecular complexity index is 477. The molecule has 1 aromatic rings. The van der Waals surface area contributed by atoms with E-state index in [2.05, 4.69) is 10.6 Å². The lowest BCUT2D eigenvalue weighted by Gasteiger charge is -2.11. The minimum absolute atomic E-state index is 0.223. The second-order valence-corrected chi connectivity index (χ2v) is 4.18. The molecular weight excluding hydrogens is 253 g/mol. The normalized spacial score (nSPS) is 10.3. The van der Waals surface area contributed by atoms with Crippen LogP contribution < -0.4 is 10.6 Å². The molecule has 0 spiro atoms. The van der Waals surface area contributed by atoms with Gasteiger partial charge in [0.2, 0.25) is 0 Å². The van der Waals surface area contributed by atoms with Crippen LogP contribution in [0.25, 0.3) is 0 Å². The molecule has 1 rings (SSSR count). The zero-order chi connectivity index (χ0) is 14.4. The maximum atomic E-state index is 13.1. The molecule has 0 aromatic heterocycles. The van der Waals surface area contributed by atoms with Crippen molar-refractivity contribution in [2.24, 2.45) is 0 Å². The van der Waals surface area contributed by atoms with E-state index in [-0.39, 0.29) is 5.69 Å². The van der Waals surface area contributed by atoms with Crippen LogP contribution >= 0.6 is 0 Å². The number of hydrogen-bond acceptors (Lipinski definition) is 3. The summed E-state index contributed by atoms with van der Waals surface area (Å²) in [6, 6.07) is 2.90. The number of rotatable bonds is 5. The van der Waals surface area contributed by atoms with E-state index in [1.807, 2.05) is 19.0 Å². The predicted molar refractivity (Wildman–Crippen MR) is 68.9 cm³/mol. The topological polar surface area (TPSA) is 81.7 Å². The van der Waals surface area contributed by atoms with Crippen molar-refractivity contribution < 1.29 is 19.1 Å². The third kappa shape index (κ3) is 4.92. The molecule has 0 heterocycles. The van der Waals surface area contributed by atoms with Crippen LogP contribution in [0.1, 0.15) is 10.4 Å². The highest BCUT2D eigenvalue weighted by molar-refractivity contribution is 5.93. The number of carbonyl (C=O) groups is 2. The molecule has 0 aliphatic heterocycles. The fourth-order valence-electron chi connectivity index (χ4n) is 1.34. The molecule has 3 N–H and O–H groups in total. The number of urea groups is 1. The first-order valence-corrected chi connectivity index (χ1v) is 5.62. The summed E-state index contributed by atoms with van der Waals surface area (Å²) in [6.45, 7) is 1.13. The number of anilines is 1. The smallest absolute Gasteiger partial charge is 0.338 e. The fourth-order valence-corrected chi connectivity index (χ4v) is 1.34. The molecule has 19 heavy (non-hydrogen) atoms. The van der Waals surface area contributed by atoms with Gasteiger partial charge in [-0.2, -0.15) is 0 Å². The molecule has 6 nitrogen and oxygen atoms in total. The first-order valence-electron chi connectivity index (χ1n) is 5.62. The molecule has 0 aliphatic carbocycles. The van der Waals surface area contributed by atoms with Crippen LogP contribution in [-0.2, 0) is 0 Å². The maximum Gasteiger partial charge on any atom is 0.338 e. The number of hydrogen-bond donors (Lipinski definition) is 3. The first kappa shape index (κ1) is 14.9. The Kier molecular flexibility index (Phi) is 5.25. The molecule has 1 aromatic carbocycles. The predicted octanol–water partition coefficient (Wildman–Crippen LogP) is 1.21. The van der Waals surface area contributed by atoms with E-state index in [4.69, 9.17) is 5.11 Å². The van der Waals surface area contributed by atoms with Crippen molar-refractivity contribution in [2.75, 3.05) is 32.5 Å². The average molecular weight is 269 g/mol. The monoisotopic (exact) mass is 269 g/mol. The van der Waals surface area contributed by atoms with Crippen LogP contribution in [0.4, 0.5) is 14.9 Å². The molecule has 7 heteroatoms. The maximum absolute atomic E-state index is 13.1. The van der Waals surface area contributed by atoms with Gasteiger partial charge in [0.1, 0.15) is 5.82 Å². The van der Waals surface area contributed by atoms with Crippen molar-refractivity contribution in [1.29, 1.82) is 0 Å². The molecule has 0 bridgehead atoms. The Morgan fingerprint density at radius 1 is 1.37 bits per heavy atom. The molecular formula is C12H16FN3O3. The van der Waals surface area contributed by atoms with Gasteiger partial charge in [0.05, 0.1) is 5.56 Å². The Labute approximate surface area is 110 Å². The second-order valence-electron chi connectivity index (χ2n) is 4.18. The Morgan fingerprint density at radius 3 is 2.63 bits per heavy atom. The summed E-state index contributed by atoms with van der Waals surface area (Å²) in [5, 5.41) is 13.8. The average Bonchev–Trinajstić information content (AvgIpc) is 2.30. The summed E-state index contributed by atoms with van der Waals surface area (Å²) in [7, 11) is 3.75. The van der Waals surface area contributed by atoms with Crippen molar-refractivity contribution in [2.45, 2.75) is 0 Å². The number of carboxylic acid groups (broad SMARTS) is 1. The summed E-state index contributed by atoms with van der Waals surface area (Å²) >= 11 is 0. The van der Waals surface area contributed by atoms with Crippen molar-refractivity contribution in [1.82, 2.24) is 10.2 Å². The number of aromatic carboxylic acids is 1. The van der Waals surface area contributed by atoms with Gasteiger partial charge in [0.15, 0.2) is 0 Å². The third-order valence-electron chi connectivity index (χ3n) is 2.30. The number of carboxylic acids is 1. The molecule has 0 saturated carbocycles. The zero-order valence-corrected chi connectivity index (χ0v) is 10.7. The lowest BCUT2D eigenvalue weighted by Crippen LogP contribution is -2.34. The zero-order valence-electron chi connectivity index (χ0n) is 10.7. The third-order valence-corrected chi connectivity index (χ3v) is 2.30. The Morgan fingerprint density at radius 2 is 2.05 bits per heavy atom. The van der Waals surface area contributed by atoms with Crippen LogP contribution in [0.2, 0.25) is 0 Å².